The Hall–Kier alpha value is -1.76. The lowest BCUT2D eigenvalue weighted by Crippen LogP contribution is -2.41. The quantitative estimate of drug-likeness (QED) is 0.927. The summed E-state index contributed by atoms with van der Waals surface area (Å²) in [5, 5.41) is 3.48. The van der Waals surface area contributed by atoms with E-state index in [0.29, 0.717) is 25.2 Å². The lowest BCUT2D eigenvalue weighted by molar-refractivity contribution is -0.137. The highest BCUT2D eigenvalue weighted by molar-refractivity contribution is 5.77. The van der Waals surface area contributed by atoms with Crippen LogP contribution in [0.1, 0.15) is 24.8 Å². The highest BCUT2D eigenvalue weighted by Crippen LogP contribution is 2.31. The number of carbonyl (C=O) groups is 1. The molecule has 1 amide bonds. The second-order valence-corrected chi connectivity index (χ2v) is 6.08. The summed E-state index contributed by atoms with van der Waals surface area (Å²) >= 11 is 0. The molecule has 0 radical (unpaired) electrons. The van der Waals surface area contributed by atoms with Crippen molar-refractivity contribution in [1.29, 1.82) is 0 Å². The van der Waals surface area contributed by atoms with Crippen LogP contribution in [0, 0.1) is 0 Å². The Morgan fingerprint density at radius 3 is 2.83 bits per heavy atom. The summed E-state index contributed by atoms with van der Waals surface area (Å²) in [6.45, 7) is 1.07. The molecule has 2 bridgehead atoms. The van der Waals surface area contributed by atoms with Gasteiger partial charge in [0.25, 0.3) is 5.91 Å². The highest BCUT2D eigenvalue weighted by Gasteiger charge is 2.32. The number of rotatable bonds is 3. The molecule has 2 aliphatic heterocycles. The zero-order valence-corrected chi connectivity index (χ0v) is 12.6. The van der Waals surface area contributed by atoms with Crippen LogP contribution in [0.4, 0.5) is 13.2 Å². The van der Waals surface area contributed by atoms with Gasteiger partial charge in [0.15, 0.2) is 6.61 Å². The maximum absolute atomic E-state index is 12.7. The largest absolute Gasteiger partial charge is 0.484 e. The average Bonchev–Trinajstić information content (AvgIpc) is 2.83. The Bertz CT molecular complexity index is 577. The minimum atomic E-state index is -4.42. The molecule has 0 spiro atoms. The molecule has 2 atom stereocenters. The minimum absolute atomic E-state index is 0.0580. The van der Waals surface area contributed by atoms with Crippen LogP contribution >= 0.6 is 0 Å². The van der Waals surface area contributed by atoms with E-state index in [0.717, 1.165) is 31.4 Å². The molecule has 2 fully saturated rings. The SMILES string of the molecule is O=C(COc1cccc(C(F)(F)F)c1)N1CCC2CCC(C1)N2. The number of amides is 1. The molecule has 3 rings (SSSR count). The molecule has 2 heterocycles. The first-order valence-corrected chi connectivity index (χ1v) is 7.76. The van der Waals surface area contributed by atoms with E-state index in [1.807, 2.05) is 0 Å². The molecule has 4 nitrogen and oxygen atoms in total. The van der Waals surface area contributed by atoms with E-state index in [9.17, 15) is 18.0 Å². The Kier molecular flexibility index (Phi) is 4.48. The summed E-state index contributed by atoms with van der Waals surface area (Å²) in [7, 11) is 0. The number of ether oxygens (including phenoxy) is 1. The molecule has 1 aromatic rings. The van der Waals surface area contributed by atoms with Gasteiger partial charge in [0.2, 0.25) is 0 Å². The Morgan fingerprint density at radius 2 is 2.04 bits per heavy atom. The van der Waals surface area contributed by atoms with Gasteiger partial charge in [-0.1, -0.05) is 6.07 Å². The summed E-state index contributed by atoms with van der Waals surface area (Å²) < 4.78 is 43.2. The number of nitrogens with zero attached hydrogens (tertiary/aromatic N) is 1. The van der Waals surface area contributed by atoms with E-state index >= 15 is 0 Å². The van der Waals surface area contributed by atoms with Crippen LogP contribution in [0.2, 0.25) is 0 Å². The second kappa shape index (κ2) is 6.39. The summed E-state index contributed by atoms with van der Waals surface area (Å²) in [5.74, 6) is -0.126. The summed E-state index contributed by atoms with van der Waals surface area (Å²) in [6, 6.07) is 5.39. The molecule has 0 aromatic heterocycles. The van der Waals surface area contributed by atoms with Crippen molar-refractivity contribution < 1.29 is 22.7 Å². The number of halogens is 3. The summed E-state index contributed by atoms with van der Waals surface area (Å²) in [6.07, 6.45) is -1.30. The van der Waals surface area contributed by atoms with E-state index in [1.165, 1.54) is 12.1 Å². The van der Waals surface area contributed by atoms with Crippen LogP contribution in [-0.2, 0) is 11.0 Å². The summed E-state index contributed by atoms with van der Waals surface area (Å²) in [5.41, 5.74) is -0.779. The molecular formula is C16H19F3N2O2. The smallest absolute Gasteiger partial charge is 0.416 e. The van der Waals surface area contributed by atoms with Gasteiger partial charge in [-0.05, 0) is 37.5 Å². The molecular weight excluding hydrogens is 309 g/mol. The van der Waals surface area contributed by atoms with Crippen LogP contribution in [0.5, 0.6) is 5.75 Å². The molecule has 2 aliphatic rings. The number of hydrogen-bond acceptors (Lipinski definition) is 3. The number of alkyl halides is 3. The summed E-state index contributed by atoms with van der Waals surface area (Å²) in [4.78, 5) is 14.0. The van der Waals surface area contributed by atoms with Gasteiger partial charge in [-0.3, -0.25) is 4.79 Å². The fourth-order valence-corrected chi connectivity index (χ4v) is 3.17. The Morgan fingerprint density at radius 1 is 1.26 bits per heavy atom. The predicted molar refractivity (Wildman–Crippen MR) is 78.1 cm³/mol. The van der Waals surface area contributed by atoms with Crippen LogP contribution in [0.15, 0.2) is 24.3 Å². The van der Waals surface area contributed by atoms with Gasteiger partial charge in [0, 0.05) is 25.2 Å². The third-order valence-corrected chi connectivity index (χ3v) is 4.40. The molecule has 0 aliphatic carbocycles. The van der Waals surface area contributed by atoms with Crippen molar-refractivity contribution in [3.05, 3.63) is 29.8 Å². The fraction of sp³-hybridized carbons (Fsp3) is 0.562. The van der Waals surface area contributed by atoms with E-state index < -0.39 is 11.7 Å². The van der Waals surface area contributed by atoms with E-state index in [2.05, 4.69) is 5.32 Å². The zero-order valence-electron chi connectivity index (χ0n) is 12.6. The fourth-order valence-electron chi connectivity index (χ4n) is 3.17. The van der Waals surface area contributed by atoms with Gasteiger partial charge in [-0.25, -0.2) is 0 Å². The van der Waals surface area contributed by atoms with E-state index in [1.54, 1.807) is 4.90 Å². The Balaban J connectivity index is 1.56. The zero-order chi connectivity index (χ0) is 16.4. The number of fused-ring (bicyclic) bond motifs is 2. The molecule has 23 heavy (non-hydrogen) atoms. The standard InChI is InChI=1S/C16H19F3N2O2/c17-16(18,19)11-2-1-3-14(8-11)23-10-15(22)21-7-6-12-4-5-13(9-21)20-12/h1-3,8,12-13,20H,4-7,9-10H2. The lowest BCUT2D eigenvalue weighted by atomic mass is 10.1. The van der Waals surface area contributed by atoms with Gasteiger partial charge in [-0.15, -0.1) is 0 Å². The van der Waals surface area contributed by atoms with Crippen LogP contribution < -0.4 is 10.1 Å². The highest BCUT2D eigenvalue weighted by atomic mass is 19.4. The number of likely N-dealkylation sites (tertiary alicyclic amines) is 1. The molecule has 126 valence electrons. The number of hydrogen-bond donors (Lipinski definition) is 1. The first-order chi connectivity index (χ1) is 10.9. The maximum atomic E-state index is 12.7. The molecule has 2 saturated heterocycles. The van der Waals surface area contributed by atoms with Crippen molar-refractivity contribution in [2.75, 3.05) is 19.7 Å². The molecule has 1 aromatic carbocycles. The number of benzene rings is 1. The van der Waals surface area contributed by atoms with Crippen LogP contribution in [-0.4, -0.2) is 42.6 Å². The van der Waals surface area contributed by atoms with Crippen molar-refractivity contribution in [3.63, 3.8) is 0 Å². The van der Waals surface area contributed by atoms with E-state index in [4.69, 9.17) is 4.74 Å². The predicted octanol–water partition coefficient (Wildman–Crippen LogP) is 2.44. The van der Waals surface area contributed by atoms with Crippen molar-refractivity contribution in [1.82, 2.24) is 10.2 Å². The van der Waals surface area contributed by atoms with Crippen molar-refractivity contribution in [2.45, 2.75) is 37.5 Å². The van der Waals surface area contributed by atoms with Gasteiger partial charge < -0.3 is 15.0 Å². The lowest BCUT2D eigenvalue weighted by Gasteiger charge is -2.24. The van der Waals surface area contributed by atoms with Crippen molar-refractivity contribution in [2.24, 2.45) is 0 Å². The molecule has 0 saturated carbocycles. The van der Waals surface area contributed by atoms with Crippen molar-refractivity contribution >= 4 is 5.91 Å². The maximum Gasteiger partial charge on any atom is 0.416 e. The number of nitrogens with one attached hydrogen (secondary N) is 1. The van der Waals surface area contributed by atoms with E-state index in [-0.39, 0.29) is 18.3 Å². The first kappa shape index (κ1) is 16.1. The van der Waals surface area contributed by atoms with Crippen LogP contribution in [0.25, 0.3) is 0 Å². The van der Waals surface area contributed by atoms with Crippen molar-refractivity contribution in [3.8, 4) is 5.75 Å². The van der Waals surface area contributed by atoms with Gasteiger partial charge in [0.05, 0.1) is 5.56 Å². The Labute approximate surface area is 132 Å². The second-order valence-electron chi connectivity index (χ2n) is 6.08. The molecule has 7 heteroatoms. The number of carbonyl (C=O) groups excluding carboxylic acids is 1. The first-order valence-electron chi connectivity index (χ1n) is 7.76. The third kappa shape index (κ3) is 3.96. The monoisotopic (exact) mass is 328 g/mol. The molecule has 1 N–H and O–H groups in total. The topological polar surface area (TPSA) is 41.6 Å². The van der Waals surface area contributed by atoms with Gasteiger partial charge in [0.1, 0.15) is 5.75 Å². The van der Waals surface area contributed by atoms with Crippen LogP contribution in [0.3, 0.4) is 0 Å². The minimum Gasteiger partial charge on any atom is -0.484 e. The normalized spacial score (nSPS) is 24.4. The average molecular weight is 328 g/mol. The van der Waals surface area contributed by atoms with Gasteiger partial charge in [-0.2, -0.15) is 13.2 Å². The third-order valence-electron chi connectivity index (χ3n) is 4.40. The van der Waals surface area contributed by atoms with Gasteiger partial charge >= 0.3 is 6.18 Å². The molecule has 2 unspecified atom stereocenters.